The van der Waals surface area contributed by atoms with Crippen molar-refractivity contribution < 1.29 is 13.6 Å². The molecule has 0 amide bonds. The molecule has 0 spiro atoms. The molecule has 0 atom stereocenters. The summed E-state index contributed by atoms with van der Waals surface area (Å²) in [5.41, 5.74) is -0.401. The largest absolute Gasteiger partial charge is 0.313 e. The van der Waals surface area contributed by atoms with Crippen molar-refractivity contribution >= 4 is 9.84 Å². The maximum Gasteiger partial charge on any atom is 0.151 e. The van der Waals surface area contributed by atoms with Crippen LogP contribution in [-0.2, 0) is 9.84 Å². The molecular formula is C9H21NO3S. The minimum absolute atomic E-state index is 0.0224. The highest BCUT2D eigenvalue weighted by atomic mass is 32.2. The van der Waals surface area contributed by atoms with E-state index in [0.717, 1.165) is 5.06 Å². The van der Waals surface area contributed by atoms with Crippen LogP contribution in [0.1, 0.15) is 34.1 Å². The Hall–Kier alpha value is -0.130. The van der Waals surface area contributed by atoms with E-state index in [9.17, 15) is 13.6 Å². The molecule has 0 bridgehead atoms. The first-order chi connectivity index (χ1) is 6.19. The molecule has 0 aromatic carbocycles. The van der Waals surface area contributed by atoms with Gasteiger partial charge in [-0.15, -0.1) is 0 Å². The molecule has 86 valence electrons. The molecule has 0 saturated heterocycles. The van der Waals surface area contributed by atoms with Gasteiger partial charge in [0.1, 0.15) is 0 Å². The van der Waals surface area contributed by atoms with Gasteiger partial charge in [0.2, 0.25) is 0 Å². The zero-order valence-electron chi connectivity index (χ0n) is 9.45. The molecule has 0 saturated carbocycles. The molecule has 0 aliphatic rings. The van der Waals surface area contributed by atoms with Crippen LogP contribution in [0.25, 0.3) is 0 Å². The van der Waals surface area contributed by atoms with E-state index < -0.39 is 15.4 Å². The number of rotatable bonds is 5. The van der Waals surface area contributed by atoms with Crippen molar-refractivity contribution in [1.29, 1.82) is 0 Å². The molecule has 0 unspecified atom stereocenters. The van der Waals surface area contributed by atoms with Crippen molar-refractivity contribution in [2.75, 3.05) is 18.1 Å². The lowest BCUT2D eigenvalue weighted by Crippen LogP contribution is -2.41. The molecule has 0 rings (SSSR count). The van der Waals surface area contributed by atoms with Gasteiger partial charge >= 0.3 is 0 Å². The Balaban J connectivity index is 4.07. The van der Waals surface area contributed by atoms with Gasteiger partial charge in [0, 0.05) is 17.8 Å². The SMILES string of the molecule is CCCS(=O)(=O)CCN(O)C(C)(C)C. The highest BCUT2D eigenvalue weighted by molar-refractivity contribution is 7.91. The van der Waals surface area contributed by atoms with Crippen molar-refractivity contribution in [1.82, 2.24) is 5.06 Å². The molecule has 0 aromatic rings. The molecule has 0 aromatic heterocycles. The highest BCUT2D eigenvalue weighted by Gasteiger charge is 2.21. The fraction of sp³-hybridized carbons (Fsp3) is 1.00. The fourth-order valence-electron chi connectivity index (χ4n) is 0.974. The Morgan fingerprint density at radius 2 is 1.71 bits per heavy atom. The van der Waals surface area contributed by atoms with Gasteiger partial charge in [0.15, 0.2) is 9.84 Å². The third kappa shape index (κ3) is 5.57. The minimum Gasteiger partial charge on any atom is -0.313 e. The summed E-state index contributed by atoms with van der Waals surface area (Å²) in [6.45, 7) is 7.50. The van der Waals surface area contributed by atoms with Gasteiger partial charge in [-0.05, 0) is 27.2 Å². The summed E-state index contributed by atoms with van der Waals surface area (Å²) in [6, 6.07) is 0. The standard InChI is InChI=1S/C9H21NO3S/c1-5-7-14(12,13)8-6-10(11)9(2,3)4/h11H,5-8H2,1-4H3. The summed E-state index contributed by atoms with van der Waals surface area (Å²) in [5, 5.41) is 10.6. The summed E-state index contributed by atoms with van der Waals surface area (Å²) < 4.78 is 22.6. The fourth-order valence-corrected chi connectivity index (χ4v) is 2.25. The van der Waals surface area contributed by atoms with Crippen LogP contribution in [0.15, 0.2) is 0 Å². The maximum atomic E-state index is 11.3. The lowest BCUT2D eigenvalue weighted by Gasteiger charge is -2.29. The first kappa shape index (κ1) is 13.9. The monoisotopic (exact) mass is 223 g/mol. The van der Waals surface area contributed by atoms with Gasteiger partial charge in [0.05, 0.1) is 5.75 Å². The number of hydrogen-bond donors (Lipinski definition) is 1. The number of nitrogens with zero attached hydrogens (tertiary/aromatic N) is 1. The zero-order valence-corrected chi connectivity index (χ0v) is 10.3. The van der Waals surface area contributed by atoms with E-state index in [0.29, 0.717) is 6.42 Å². The molecule has 0 radical (unpaired) electrons. The lowest BCUT2D eigenvalue weighted by molar-refractivity contribution is -0.150. The second-order valence-corrected chi connectivity index (χ2v) is 6.75. The van der Waals surface area contributed by atoms with E-state index in [-0.39, 0.29) is 18.1 Å². The van der Waals surface area contributed by atoms with E-state index in [1.807, 2.05) is 27.7 Å². The van der Waals surface area contributed by atoms with Crippen LogP contribution in [0, 0.1) is 0 Å². The first-order valence-electron chi connectivity index (χ1n) is 4.86. The summed E-state index contributed by atoms with van der Waals surface area (Å²) >= 11 is 0. The van der Waals surface area contributed by atoms with Crippen molar-refractivity contribution in [2.45, 2.75) is 39.7 Å². The van der Waals surface area contributed by atoms with E-state index in [1.54, 1.807) is 0 Å². The quantitative estimate of drug-likeness (QED) is 0.714. The molecule has 4 nitrogen and oxygen atoms in total. The van der Waals surface area contributed by atoms with E-state index in [4.69, 9.17) is 0 Å². The van der Waals surface area contributed by atoms with Crippen LogP contribution in [0.3, 0.4) is 0 Å². The molecule has 14 heavy (non-hydrogen) atoms. The lowest BCUT2D eigenvalue weighted by atomic mass is 10.1. The van der Waals surface area contributed by atoms with Gasteiger partial charge in [-0.25, -0.2) is 8.42 Å². The topological polar surface area (TPSA) is 57.6 Å². The summed E-state index contributed by atoms with van der Waals surface area (Å²) in [7, 11) is -2.99. The summed E-state index contributed by atoms with van der Waals surface area (Å²) in [5.74, 6) is 0.222. The van der Waals surface area contributed by atoms with Crippen LogP contribution in [-0.4, -0.2) is 42.3 Å². The Bertz CT molecular complexity index is 254. The van der Waals surface area contributed by atoms with Gasteiger partial charge in [-0.2, -0.15) is 5.06 Å². The van der Waals surface area contributed by atoms with Crippen molar-refractivity contribution in [2.24, 2.45) is 0 Å². The van der Waals surface area contributed by atoms with Crippen LogP contribution in [0.5, 0.6) is 0 Å². The van der Waals surface area contributed by atoms with E-state index in [1.165, 1.54) is 0 Å². The van der Waals surface area contributed by atoms with E-state index >= 15 is 0 Å². The van der Waals surface area contributed by atoms with E-state index in [2.05, 4.69) is 0 Å². The maximum absolute atomic E-state index is 11.3. The number of sulfone groups is 1. The normalized spacial score (nSPS) is 13.6. The number of hydrogen-bond acceptors (Lipinski definition) is 4. The van der Waals surface area contributed by atoms with Crippen molar-refractivity contribution in [3.63, 3.8) is 0 Å². The van der Waals surface area contributed by atoms with Crippen molar-refractivity contribution in [3.8, 4) is 0 Å². The Labute approximate surface area is 86.8 Å². The number of hydroxylamine groups is 2. The molecule has 5 heteroatoms. The molecular weight excluding hydrogens is 202 g/mol. The van der Waals surface area contributed by atoms with Gasteiger partial charge in [-0.1, -0.05) is 6.92 Å². The Morgan fingerprint density at radius 1 is 1.21 bits per heavy atom. The van der Waals surface area contributed by atoms with Gasteiger partial charge < -0.3 is 5.21 Å². The van der Waals surface area contributed by atoms with Crippen LogP contribution in [0.2, 0.25) is 0 Å². The minimum atomic E-state index is -2.99. The average Bonchev–Trinajstić information content (AvgIpc) is 1.98. The van der Waals surface area contributed by atoms with Crippen molar-refractivity contribution in [3.05, 3.63) is 0 Å². The molecule has 0 heterocycles. The predicted octanol–water partition coefficient (Wildman–Crippen LogP) is 1.30. The molecule has 0 aliphatic carbocycles. The Morgan fingerprint density at radius 3 is 2.07 bits per heavy atom. The average molecular weight is 223 g/mol. The first-order valence-corrected chi connectivity index (χ1v) is 6.68. The summed E-state index contributed by atoms with van der Waals surface area (Å²) in [6.07, 6.45) is 0.628. The van der Waals surface area contributed by atoms with Gasteiger partial charge in [0.25, 0.3) is 0 Å². The molecule has 0 aliphatic heterocycles. The van der Waals surface area contributed by atoms with Crippen LogP contribution >= 0.6 is 0 Å². The smallest absolute Gasteiger partial charge is 0.151 e. The summed E-state index contributed by atoms with van der Waals surface area (Å²) in [4.78, 5) is 0. The predicted molar refractivity (Wildman–Crippen MR) is 57.2 cm³/mol. The molecule has 1 N–H and O–H groups in total. The third-order valence-electron chi connectivity index (χ3n) is 1.90. The second kappa shape index (κ2) is 5.09. The highest BCUT2D eigenvalue weighted by Crippen LogP contribution is 2.09. The van der Waals surface area contributed by atoms with Gasteiger partial charge in [-0.3, -0.25) is 0 Å². The third-order valence-corrected chi connectivity index (χ3v) is 3.74. The second-order valence-electron chi connectivity index (χ2n) is 4.45. The van der Waals surface area contributed by atoms with Crippen LogP contribution < -0.4 is 0 Å². The van der Waals surface area contributed by atoms with Crippen LogP contribution in [0.4, 0.5) is 0 Å². The molecule has 0 fully saturated rings. The Kier molecular flexibility index (Phi) is 5.05. The zero-order chi connectivity index (χ0) is 11.4.